The highest BCUT2D eigenvalue weighted by Crippen LogP contribution is 2.14. The topological polar surface area (TPSA) is 145 Å². The van der Waals surface area contributed by atoms with Gasteiger partial charge in [-0.2, -0.15) is 5.26 Å². The van der Waals surface area contributed by atoms with Gasteiger partial charge in [-0.05, 0) is 19.1 Å². The van der Waals surface area contributed by atoms with Crippen LogP contribution in [0.25, 0.3) is 0 Å². The molecule has 1 unspecified atom stereocenters. The first kappa shape index (κ1) is 16.7. The van der Waals surface area contributed by atoms with Gasteiger partial charge in [-0.3, -0.25) is 14.4 Å². The smallest absolute Gasteiger partial charge is 0.325 e. The zero-order valence-corrected chi connectivity index (χ0v) is 11.7. The van der Waals surface area contributed by atoms with Crippen LogP contribution in [0.4, 0.5) is 5.69 Å². The summed E-state index contributed by atoms with van der Waals surface area (Å²) in [4.78, 5) is 33.6. The lowest BCUT2D eigenvalue weighted by Crippen LogP contribution is -2.39. The third-order valence-electron chi connectivity index (χ3n) is 2.65. The molecule has 0 heterocycles. The Hall–Kier alpha value is -3.34. The number of nitrogens with two attached hydrogens (primary N) is 1. The molecular formula is C14H14N4O4. The van der Waals surface area contributed by atoms with E-state index in [1.165, 1.54) is 13.0 Å². The van der Waals surface area contributed by atoms with E-state index in [1.54, 1.807) is 24.3 Å². The van der Waals surface area contributed by atoms with Gasteiger partial charge in [-0.15, -0.1) is 0 Å². The number of aliphatic carboxylic acids is 1. The number of benzene rings is 1. The van der Waals surface area contributed by atoms with Crippen molar-refractivity contribution in [2.75, 3.05) is 5.32 Å². The van der Waals surface area contributed by atoms with Crippen molar-refractivity contribution in [1.82, 2.24) is 5.32 Å². The van der Waals surface area contributed by atoms with Crippen molar-refractivity contribution in [2.45, 2.75) is 13.0 Å². The fourth-order valence-electron chi connectivity index (χ4n) is 1.46. The summed E-state index contributed by atoms with van der Waals surface area (Å²) in [7, 11) is 0. The van der Waals surface area contributed by atoms with E-state index < -0.39 is 23.8 Å². The summed E-state index contributed by atoms with van der Waals surface area (Å²) in [6.07, 6.45) is 1.08. The van der Waals surface area contributed by atoms with Gasteiger partial charge in [0.1, 0.15) is 17.7 Å². The Balaban J connectivity index is 2.91. The Bertz CT molecular complexity index is 676. The third-order valence-corrected chi connectivity index (χ3v) is 2.65. The Morgan fingerprint density at radius 2 is 2.00 bits per heavy atom. The van der Waals surface area contributed by atoms with Crippen molar-refractivity contribution in [3.63, 3.8) is 0 Å². The molecule has 0 aliphatic rings. The predicted octanol–water partition coefficient (Wildman–Crippen LogP) is 0.194. The van der Waals surface area contributed by atoms with Crippen molar-refractivity contribution >= 4 is 23.5 Å². The SMILES string of the molecule is CC(NC(=O)/C(C#N)=C\Nc1ccccc1C(N)=O)C(=O)O. The second-order valence-corrected chi connectivity index (χ2v) is 4.26. The van der Waals surface area contributed by atoms with Gasteiger partial charge in [-0.1, -0.05) is 12.1 Å². The summed E-state index contributed by atoms with van der Waals surface area (Å²) in [5.74, 6) is -2.74. The number of carbonyl (C=O) groups is 3. The molecule has 0 aromatic heterocycles. The number of amides is 2. The standard InChI is InChI=1S/C14H14N4O4/c1-8(14(21)22)18-13(20)9(6-15)7-17-11-5-3-2-4-10(11)12(16)19/h2-5,7-8,17H,1H3,(H2,16,19)(H,18,20)(H,21,22)/b9-7-. The highest BCUT2D eigenvalue weighted by Gasteiger charge is 2.17. The number of para-hydroxylation sites is 1. The van der Waals surface area contributed by atoms with Crippen LogP contribution in [-0.2, 0) is 9.59 Å². The summed E-state index contributed by atoms with van der Waals surface area (Å²) in [5, 5.41) is 22.4. The molecule has 0 aliphatic heterocycles. The second-order valence-electron chi connectivity index (χ2n) is 4.26. The van der Waals surface area contributed by atoms with Gasteiger partial charge >= 0.3 is 5.97 Å². The van der Waals surface area contributed by atoms with Crippen LogP contribution in [-0.4, -0.2) is 28.9 Å². The van der Waals surface area contributed by atoms with E-state index in [9.17, 15) is 14.4 Å². The van der Waals surface area contributed by atoms with Gasteiger partial charge in [0, 0.05) is 6.20 Å². The maximum Gasteiger partial charge on any atom is 0.325 e. The predicted molar refractivity (Wildman–Crippen MR) is 77.5 cm³/mol. The lowest BCUT2D eigenvalue weighted by molar-refractivity contribution is -0.140. The normalized spacial score (nSPS) is 11.9. The average molecular weight is 302 g/mol. The number of primary amides is 1. The van der Waals surface area contributed by atoms with Crippen LogP contribution < -0.4 is 16.4 Å². The molecule has 1 aromatic rings. The molecule has 0 radical (unpaired) electrons. The van der Waals surface area contributed by atoms with Crippen molar-refractivity contribution < 1.29 is 19.5 Å². The molecule has 5 N–H and O–H groups in total. The van der Waals surface area contributed by atoms with Crippen molar-refractivity contribution in [3.05, 3.63) is 41.6 Å². The first-order valence-corrected chi connectivity index (χ1v) is 6.16. The zero-order valence-electron chi connectivity index (χ0n) is 11.7. The van der Waals surface area contributed by atoms with E-state index in [0.717, 1.165) is 6.20 Å². The number of carboxylic acid groups (broad SMARTS) is 1. The quantitative estimate of drug-likeness (QED) is 0.436. The molecular weight excluding hydrogens is 288 g/mol. The minimum Gasteiger partial charge on any atom is -0.480 e. The van der Waals surface area contributed by atoms with Gasteiger partial charge in [0.2, 0.25) is 0 Å². The molecule has 0 fully saturated rings. The van der Waals surface area contributed by atoms with Crippen LogP contribution in [0.1, 0.15) is 17.3 Å². The number of carboxylic acids is 1. The Labute approximate surface area is 126 Å². The molecule has 1 aromatic carbocycles. The van der Waals surface area contributed by atoms with Crippen molar-refractivity contribution in [2.24, 2.45) is 5.73 Å². The summed E-state index contributed by atoms with van der Waals surface area (Å²) >= 11 is 0. The van der Waals surface area contributed by atoms with Crippen LogP contribution in [0.15, 0.2) is 36.0 Å². The third kappa shape index (κ3) is 4.35. The number of rotatable bonds is 6. The van der Waals surface area contributed by atoms with Gasteiger partial charge in [0.15, 0.2) is 0 Å². The van der Waals surface area contributed by atoms with Gasteiger partial charge in [-0.25, -0.2) is 0 Å². The van der Waals surface area contributed by atoms with Crippen LogP contribution in [0, 0.1) is 11.3 Å². The maximum atomic E-state index is 11.7. The van der Waals surface area contributed by atoms with Gasteiger partial charge in [0.25, 0.3) is 11.8 Å². The van der Waals surface area contributed by atoms with Crippen LogP contribution >= 0.6 is 0 Å². The highest BCUT2D eigenvalue weighted by atomic mass is 16.4. The summed E-state index contributed by atoms with van der Waals surface area (Å²) in [6, 6.07) is 6.79. The first-order valence-electron chi connectivity index (χ1n) is 6.16. The number of nitriles is 1. The number of hydrogen-bond acceptors (Lipinski definition) is 5. The molecule has 1 atom stereocenters. The number of hydrogen-bond donors (Lipinski definition) is 4. The van der Waals surface area contributed by atoms with Crippen LogP contribution in [0.3, 0.4) is 0 Å². The fraction of sp³-hybridized carbons (Fsp3) is 0.143. The van der Waals surface area contributed by atoms with Crippen molar-refractivity contribution in [3.8, 4) is 6.07 Å². The molecule has 0 saturated carbocycles. The molecule has 8 nitrogen and oxygen atoms in total. The van der Waals surface area contributed by atoms with Crippen LogP contribution in [0.5, 0.6) is 0 Å². The summed E-state index contributed by atoms with van der Waals surface area (Å²) in [5.41, 5.74) is 5.37. The molecule has 0 aliphatic carbocycles. The van der Waals surface area contributed by atoms with E-state index >= 15 is 0 Å². The fourth-order valence-corrected chi connectivity index (χ4v) is 1.46. The molecule has 8 heteroatoms. The average Bonchev–Trinajstić information content (AvgIpc) is 2.47. The first-order chi connectivity index (χ1) is 10.4. The number of nitrogens with zero attached hydrogens (tertiary/aromatic N) is 1. The molecule has 2 amide bonds. The molecule has 0 spiro atoms. The van der Waals surface area contributed by atoms with E-state index in [0.29, 0.717) is 5.69 Å². The number of anilines is 1. The maximum absolute atomic E-state index is 11.7. The summed E-state index contributed by atoms with van der Waals surface area (Å²) < 4.78 is 0. The summed E-state index contributed by atoms with van der Waals surface area (Å²) in [6.45, 7) is 1.27. The minimum absolute atomic E-state index is 0.190. The highest BCUT2D eigenvalue weighted by molar-refractivity contribution is 6.01. The van der Waals surface area contributed by atoms with E-state index in [2.05, 4.69) is 10.6 Å². The Morgan fingerprint density at radius 3 is 2.55 bits per heavy atom. The van der Waals surface area contributed by atoms with Gasteiger partial charge in [0.05, 0.1) is 11.3 Å². The van der Waals surface area contributed by atoms with Crippen molar-refractivity contribution in [1.29, 1.82) is 5.26 Å². The van der Waals surface area contributed by atoms with Crippen LogP contribution in [0.2, 0.25) is 0 Å². The molecule has 1 rings (SSSR count). The minimum atomic E-state index is -1.22. The number of carbonyl (C=O) groups excluding carboxylic acids is 2. The van der Waals surface area contributed by atoms with E-state index in [4.69, 9.17) is 16.1 Å². The lowest BCUT2D eigenvalue weighted by atomic mass is 10.1. The monoisotopic (exact) mass is 302 g/mol. The molecule has 114 valence electrons. The number of nitrogens with one attached hydrogen (secondary N) is 2. The second kappa shape index (κ2) is 7.44. The molecule has 0 bridgehead atoms. The van der Waals surface area contributed by atoms with E-state index in [-0.39, 0.29) is 11.1 Å². The van der Waals surface area contributed by atoms with E-state index in [1.807, 2.05) is 0 Å². The Kier molecular flexibility index (Phi) is 5.66. The lowest BCUT2D eigenvalue weighted by Gasteiger charge is -2.09. The largest absolute Gasteiger partial charge is 0.480 e. The molecule has 0 saturated heterocycles. The Morgan fingerprint density at radius 1 is 1.36 bits per heavy atom. The van der Waals surface area contributed by atoms with Gasteiger partial charge < -0.3 is 21.5 Å². The molecule has 22 heavy (non-hydrogen) atoms. The zero-order chi connectivity index (χ0) is 16.7.